The number of ether oxygens (including phenoxy) is 1. The number of halogens is 2. The van der Waals surface area contributed by atoms with E-state index in [2.05, 4.69) is 5.32 Å². The highest BCUT2D eigenvalue weighted by molar-refractivity contribution is 7.92. The third-order valence-corrected chi connectivity index (χ3v) is 7.37. The highest BCUT2D eigenvalue weighted by Gasteiger charge is 2.34. The van der Waals surface area contributed by atoms with Crippen molar-refractivity contribution in [1.82, 2.24) is 10.2 Å². The summed E-state index contributed by atoms with van der Waals surface area (Å²) < 4.78 is 46.7. The van der Waals surface area contributed by atoms with E-state index in [1.54, 1.807) is 13.0 Å². The van der Waals surface area contributed by atoms with Gasteiger partial charge in [-0.3, -0.25) is 13.9 Å². The number of amides is 2. The van der Waals surface area contributed by atoms with Crippen LogP contribution in [0.5, 0.6) is 5.75 Å². The highest BCUT2D eigenvalue weighted by atomic mass is 35.5. The molecule has 0 aromatic heterocycles. The molecule has 0 aliphatic carbocycles. The van der Waals surface area contributed by atoms with Gasteiger partial charge in [0.15, 0.2) is 0 Å². The number of rotatable bonds is 12. The van der Waals surface area contributed by atoms with E-state index in [1.165, 1.54) is 48.4 Å². The third kappa shape index (κ3) is 7.93. The van der Waals surface area contributed by atoms with Gasteiger partial charge in [0.25, 0.3) is 0 Å². The van der Waals surface area contributed by atoms with E-state index in [0.29, 0.717) is 6.54 Å². The van der Waals surface area contributed by atoms with Crippen LogP contribution >= 0.6 is 11.6 Å². The van der Waals surface area contributed by atoms with Crippen molar-refractivity contribution in [3.63, 3.8) is 0 Å². The Balaban J connectivity index is 2.09. The van der Waals surface area contributed by atoms with E-state index in [1.807, 2.05) is 30.3 Å². The van der Waals surface area contributed by atoms with Gasteiger partial charge in [-0.05, 0) is 36.8 Å². The molecule has 1 unspecified atom stereocenters. The van der Waals surface area contributed by atoms with Crippen LogP contribution in [0.25, 0.3) is 0 Å². The van der Waals surface area contributed by atoms with Crippen LogP contribution < -0.4 is 14.4 Å². The summed E-state index contributed by atoms with van der Waals surface area (Å²) in [6, 6.07) is 18.3. The second kappa shape index (κ2) is 13.4. The Morgan fingerprint density at radius 1 is 1.05 bits per heavy atom. The number of hydrogen-bond donors (Lipinski definition) is 1. The number of nitrogens with zero attached hydrogens (tertiary/aromatic N) is 2. The van der Waals surface area contributed by atoms with Crippen LogP contribution in [0.1, 0.15) is 18.1 Å². The van der Waals surface area contributed by atoms with Crippen molar-refractivity contribution in [3.8, 4) is 5.75 Å². The molecule has 0 radical (unpaired) electrons. The molecular formula is C28H31ClFN3O5S. The number of nitrogens with one attached hydrogen (secondary N) is 1. The minimum Gasteiger partial charge on any atom is -0.495 e. The zero-order valence-electron chi connectivity index (χ0n) is 21.9. The quantitative estimate of drug-likeness (QED) is 0.352. The molecule has 39 heavy (non-hydrogen) atoms. The van der Waals surface area contributed by atoms with Crippen molar-refractivity contribution < 1.29 is 27.1 Å². The van der Waals surface area contributed by atoms with Crippen LogP contribution in [0, 0.1) is 5.82 Å². The Morgan fingerprint density at radius 3 is 2.33 bits per heavy atom. The highest BCUT2D eigenvalue weighted by Crippen LogP contribution is 2.33. The number of sulfonamides is 1. The molecule has 3 aromatic rings. The molecule has 3 rings (SSSR count). The number of likely N-dealkylation sites (N-methyl/N-ethyl adjacent to an activating group) is 1. The molecule has 0 saturated heterocycles. The van der Waals surface area contributed by atoms with Gasteiger partial charge in [-0.15, -0.1) is 0 Å². The lowest BCUT2D eigenvalue weighted by molar-refractivity contribution is -0.140. The molecule has 0 aliphatic heterocycles. The van der Waals surface area contributed by atoms with E-state index < -0.39 is 40.2 Å². The lowest BCUT2D eigenvalue weighted by atomic mass is 10.0. The number of methoxy groups -OCH3 is 1. The summed E-state index contributed by atoms with van der Waals surface area (Å²) in [5.41, 5.74) is 1.01. The first-order valence-corrected chi connectivity index (χ1v) is 14.4. The minimum atomic E-state index is -4.02. The van der Waals surface area contributed by atoms with Crippen LogP contribution in [-0.2, 0) is 32.6 Å². The smallest absolute Gasteiger partial charge is 0.244 e. The van der Waals surface area contributed by atoms with E-state index in [4.69, 9.17) is 16.3 Å². The summed E-state index contributed by atoms with van der Waals surface area (Å²) in [5.74, 6) is -1.53. The van der Waals surface area contributed by atoms with Gasteiger partial charge >= 0.3 is 0 Å². The summed E-state index contributed by atoms with van der Waals surface area (Å²) in [6.45, 7) is 1.12. The van der Waals surface area contributed by atoms with Crippen LogP contribution in [0.4, 0.5) is 10.1 Å². The number of carbonyl (C=O) groups excluding carboxylic acids is 2. The molecule has 0 aliphatic rings. The summed E-state index contributed by atoms with van der Waals surface area (Å²) in [4.78, 5) is 28.5. The summed E-state index contributed by atoms with van der Waals surface area (Å²) in [7, 11) is -2.65. The summed E-state index contributed by atoms with van der Waals surface area (Å²) in [5, 5.41) is 2.98. The lowest BCUT2D eigenvalue weighted by Crippen LogP contribution is -2.53. The first kappa shape index (κ1) is 29.9. The van der Waals surface area contributed by atoms with E-state index in [9.17, 15) is 22.4 Å². The van der Waals surface area contributed by atoms with Crippen molar-refractivity contribution in [2.45, 2.75) is 25.9 Å². The minimum absolute atomic E-state index is 0.0595. The molecule has 3 aromatic carbocycles. The molecule has 0 heterocycles. The Labute approximate surface area is 233 Å². The lowest BCUT2D eigenvalue weighted by Gasteiger charge is -2.33. The maximum Gasteiger partial charge on any atom is 0.244 e. The van der Waals surface area contributed by atoms with Crippen molar-refractivity contribution >= 4 is 39.1 Å². The first-order valence-electron chi connectivity index (χ1n) is 12.2. The second-order valence-corrected chi connectivity index (χ2v) is 11.1. The monoisotopic (exact) mass is 575 g/mol. The fraction of sp³-hybridized carbons (Fsp3) is 0.286. The molecule has 8 nitrogen and oxygen atoms in total. The molecule has 0 saturated carbocycles. The van der Waals surface area contributed by atoms with Crippen LogP contribution in [0.2, 0.25) is 5.02 Å². The maximum atomic E-state index is 14.7. The summed E-state index contributed by atoms with van der Waals surface area (Å²) in [6.07, 6.45) is 1.08. The van der Waals surface area contributed by atoms with Gasteiger partial charge in [0.2, 0.25) is 21.8 Å². The average molecular weight is 576 g/mol. The van der Waals surface area contributed by atoms with E-state index in [0.717, 1.165) is 16.1 Å². The molecule has 208 valence electrons. The number of carbonyl (C=O) groups is 2. The zero-order chi connectivity index (χ0) is 28.6. The van der Waals surface area contributed by atoms with Crippen molar-refractivity contribution in [2.24, 2.45) is 0 Å². The van der Waals surface area contributed by atoms with Gasteiger partial charge in [-0.25, -0.2) is 12.8 Å². The van der Waals surface area contributed by atoms with Gasteiger partial charge in [0.1, 0.15) is 24.2 Å². The van der Waals surface area contributed by atoms with E-state index >= 15 is 0 Å². The standard InChI is InChI=1S/C28H31ClFN3O5S/c1-4-31-28(35)25(16-20-10-6-5-7-11-20)32(18-21-12-8-9-13-23(21)30)27(34)19-33(39(3,36)37)24-17-22(29)14-15-26(24)38-2/h5-15,17,25H,4,16,18-19H2,1-3H3,(H,31,35). The Hall–Kier alpha value is -3.63. The Kier molecular flexibility index (Phi) is 10.3. The van der Waals surface area contributed by atoms with Crippen molar-refractivity contribution in [3.05, 3.63) is 94.8 Å². The van der Waals surface area contributed by atoms with Crippen molar-refractivity contribution in [2.75, 3.05) is 30.8 Å². The molecule has 0 bridgehead atoms. The van der Waals surface area contributed by atoms with Gasteiger partial charge < -0.3 is 15.0 Å². The molecule has 1 atom stereocenters. The predicted molar refractivity (Wildman–Crippen MR) is 150 cm³/mol. The van der Waals surface area contributed by atoms with Gasteiger partial charge in [0, 0.05) is 30.1 Å². The normalized spacial score (nSPS) is 11.9. The predicted octanol–water partition coefficient (Wildman–Crippen LogP) is 4.03. The zero-order valence-corrected chi connectivity index (χ0v) is 23.5. The number of benzene rings is 3. The second-order valence-electron chi connectivity index (χ2n) is 8.80. The fourth-order valence-corrected chi connectivity index (χ4v) is 5.12. The maximum absolute atomic E-state index is 14.7. The van der Waals surface area contributed by atoms with E-state index in [-0.39, 0.29) is 35.0 Å². The SMILES string of the molecule is CCNC(=O)C(Cc1ccccc1)N(Cc1ccccc1F)C(=O)CN(c1cc(Cl)ccc1OC)S(C)(=O)=O. The molecule has 11 heteroatoms. The Bertz CT molecular complexity index is 1410. The average Bonchev–Trinajstić information content (AvgIpc) is 2.90. The number of hydrogen-bond acceptors (Lipinski definition) is 5. The molecular weight excluding hydrogens is 545 g/mol. The molecule has 0 fully saturated rings. The molecule has 0 spiro atoms. The molecule has 2 amide bonds. The number of anilines is 1. The topological polar surface area (TPSA) is 96.0 Å². The molecule has 1 N–H and O–H groups in total. The Morgan fingerprint density at radius 2 is 1.72 bits per heavy atom. The van der Waals surface area contributed by atoms with Gasteiger partial charge in [-0.2, -0.15) is 0 Å². The first-order chi connectivity index (χ1) is 18.5. The van der Waals surface area contributed by atoms with Crippen LogP contribution in [-0.4, -0.2) is 57.6 Å². The van der Waals surface area contributed by atoms with Gasteiger partial charge in [0.05, 0.1) is 19.1 Å². The van der Waals surface area contributed by atoms with Crippen molar-refractivity contribution in [1.29, 1.82) is 0 Å². The largest absolute Gasteiger partial charge is 0.495 e. The fourth-order valence-electron chi connectivity index (χ4n) is 4.11. The van der Waals surface area contributed by atoms with Gasteiger partial charge in [-0.1, -0.05) is 60.1 Å². The van der Waals surface area contributed by atoms with Crippen LogP contribution in [0.15, 0.2) is 72.8 Å². The van der Waals surface area contributed by atoms with Crippen LogP contribution in [0.3, 0.4) is 0 Å². The third-order valence-electron chi connectivity index (χ3n) is 6.01. The summed E-state index contributed by atoms with van der Waals surface area (Å²) >= 11 is 6.14.